The second-order valence-electron chi connectivity index (χ2n) is 18.0. The molecule has 2 heterocycles. The number of nitrogens with zero attached hydrogens (tertiary/aromatic N) is 3. The van der Waals surface area contributed by atoms with E-state index in [2.05, 4.69) is 154 Å². The van der Waals surface area contributed by atoms with Crippen LogP contribution >= 0.6 is 0 Å². The highest BCUT2D eigenvalue weighted by atomic mass is 16.3. The Hall–Kier alpha value is -5.48. The van der Waals surface area contributed by atoms with Crippen LogP contribution in [0.25, 0.3) is 61.6 Å². The summed E-state index contributed by atoms with van der Waals surface area (Å²) in [6, 6.07) is 38.6. The third-order valence-electron chi connectivity index (χ3n) is 10.8. The molecule has 0 spiro atoms. The van der Waals surface area contributed by atoms with Crippen molar-refractivity contribution in [3.63, 3.8) is 0 Å². The number of aryl methyl sites for hydroxylation is 1. The molecule has 0 unspecified atom stereocenters. The molecular weight excluding hydrogens is 659 g/mol. The Labute approximate surface area is 321 Å². The highest BCUT2D eigenvalue weighted by Crippen LogP contribution is 2.43. The van der Waals surface area contributed by atoms with Gasteiger partial charge in [-0.25, -0.2) is 4.98 Å². The number of imidazole rings is 1. The van der Waals surface area contributed by atoms with Gasteiger partial charge in [0.15, 0.2) is 0 Å². The van der Waals surface area contributed by atoms with Crippen molar-refractivity contribution in [2.45, 2.75) is 92.4 Å². The van der Waals surface area contributed by atoms with Gasteiger partial charge in [-0.2, -0.15) is 0 Å². The van der Waals surface area contributed by atoms with E-state index in [1.165, 1.54) is 27.8 Å². The maximum absolute atomic E-state index is 11.4. The zero-order valence-electron chi connectivity index (χ0n) is 33.8. The number of aromatic hydroxyl groups is 1. The average Bonchev–Trinajstić information content (AvgIpc) is 3.49. The van der Waals surface area contributed by atoms with Crippen molar-refractivity contribution < 1.29 is 5.11 Å². The summed E-state index contributed by atoms with van der Waals surface area (Å²) in [4.78, 5) is 10.3. The molecule has 0 bridgehead atoms. The molecule has 0 saturated heterocycles. The summed E-state index contributed by atoms with van der Waals surface area (Å²) in [5, 5.41) is 11.4. The molecule has 274 valence electrons. The molecule has 0 aliphatic heterocycles. The second-order valence-corrected chi connectivity index (χ2v) is 18.0. The van der Waals surface area contributed by atoms with Crippen molar-refractivity contribution in [3.8, 4) is 56.3 Å². The van der Waals surface area contributed by atoms with Crippen molar-refractivity contribution >= 4 is 11.0 Å². The first-order valence-electron chi connectivity index (χ1n) is 19.1. The number of benzene rings is 5. The Morgan fingerprint density at radius 1 is 0.556 bits per heavy atom. The first-order chi connectivity index (χ1) is 25.4. The van der Waals surface area contributed by atoms with Crippen LogP contribution in [0.1, 0.15) is 90.1 Å². The van der Waals surface area contributed by atoms with E-state index in [4.69, 9.17) is 9.97 Å². The summed E-state index contributed by atoms with van der Waals surface area (Å²) in [6.07, 6.45) is 1.85. The SMILES string of the molecule is Cc1cc2c(nc(-c3ccccc3O)n2-c2cc(C(C)(C)C)cc(C(C)(C)C)c2)c(-c2cc(-c3ccc(C(C)(C)C)cc3)cc(-c3ccccn3)c2)c1C. The van der Waals surface area contributed by atoms with Crippen LogP contribution < -0.4 is 0 Å². The summed E-state index contributed by atoms with van der Waals surface area (Å²) in [5.41, 5.74) is 16.1. The molecule has 7 aromatic rings. The summed E-state index contributed by atoms with van der Waals surface area (Å²) < 4.78 is 2.26. The summed E-state index contributed by atoms with van der Waals surface area (Å²) in [7, 11) is 0. The highest BCUT2D eigenvalue weighted by Gasteiger charge is 2.26. The molecule has 54 heavy (non-hydrogen) atoms. The van der Waals surface area contributed by atoms with Gasteiger partial charge in [-0.1, -0.05) is 111 Å². The van der Waals surface area contributed by atoms with Crippen LogP contribution in [-0.2, 0) is 16.2 Å². The Kier molecular flexibility index (Phi) is 9.16. The monoisotopic (exact) mass is 711 g/mol. The number of aromatic nitrogens is 3. The third-order valence-corrected chi connectivity index (χ3v) is 10.8. The molecule has 7 rings (SSSR count). The van der Waals surface area contributed by atoms with Crippen molar-refractivity contribution in [3.05, 3.63) is 143 Å². The van der Waals surface area contributed by atoms with Crippen LogP contribution in [0.3, 0.4) is 0 Å². The molecule has 4 nitrogen and oxygen atoms in total. The fourth-order valence-corrected chi connectivity index (χ4v) is 7.29. The van der Waals surface area contributed by atoms with Crippen molar-refractivity contribution in [2.75, 3.05) is 0 Å². The van der Waals surface area contributed by atoms with E-state index in [-0.39, 0.29) is 22.0 Å². The molecule has 4 heteroatoms. The van der Waals surface area contributed by atoms with Gasteiger partial charge in [0.1, 0.15) is 11.6 Å². The van der Waals surface area contributed by atoms with Gasteiger partial charge < -0.3 is 5.11 Å². The van der Waals surface area contributed by atoms with Gasteiger partial charge in [-0.15, -0.1) is 0 Å². The fourth-order valence-electron chi connectivity index (χ4n) is 7.29. The van der Waals surface area contributed by atoms with E-state index < -0.39 is 0 Å². The second kappa shape index (κ2) is 13.4. The first-order valence-corrected chi connectivity index (χ1v) is 19.1. The smallest absolute Gasteiger partial charge is 0.149 e. The lowest BCUT2D eigenvalue weighted by Gasteiger charge is -2.27. The maximum Gasteiger partial charge on any atom is 0.149 e. The van der Waals surface area contributed by atoms with E-state index in [0.717, 1.165) is 50.2 Å². The topological polar surface area (TPSA) is 50.9 Å². The number of phenolic OH excluding ortho intramolecular Hbond substituents is 1. The average molecular weight is 712 g/mol. The Morgan fingerprint density at radius 2 is 1.15 bits per heavy atom. The van der Waals surface area contributed by atoms with Gasteiger partial charge in [0.25, 0.3) is 0 Å². The van der Waals surface area contributed by atoms with Gasteiger partial charge in [0.2, 0.25) is 0 Å². The van der Waals surface area contributed by atoms with Crippen LogP contribution in [-0.4, -0.2) is 19.6 Å². The van der Waals surface area contributed by atoms with E-state index in [0.29, 0.717) is 11.4 Å². The first kappa shape index (κ1) is 36.9. The van der Waals surface area contributed by atoms with Crippen molar-refractivity contribution in [1.82, 2.24) is 14.5 Å². The molecule has 0 radical (unpaired) electrons. The number of hydrogen-bond donors (Lipinski definition) is 1. The molecule has 5 aromatic carbocycles. The Morgan fingerprint density at radius 3 is 1.74 bits per heavy atom. The molecular formula is C50H53N3O. The third kappa shape index (κ3) is 6.98. The maximum atomic E-state index is 11.4. The van der Waals surface area contributed by atoms with Crippen LogP contribution in [0.2, 0.25) is 0 Å². The van der Waals surface area contributed by atoms with E-state index in [1.807, 2.05) is 36.5 Å². The van der Waals surface area contributed by atoms with E-state index in [9.17, 15) is 5.11 Å². The van der Waals surface area contributed by atoms with Crippen LogP contribution in [0.15, 0.2) is 115 Å². The minimum absolute atomic E-state index is 0.0630. The number of pyridine rings is 1. The molecule has 0 atom stereocenters. The predicted molar refractivity (Wildman–Crippen MR) is 228 cm³/mol. The molecule has 1 N–H and O–H groups in total. The molecule has 0 aliphatic rings. The lowest BCUT2D eigenvalue weighted by molar-refractivity contribution is 0.477. The number of fused-ring (bicyclic) bond motifs is 1. The van der Waals surface area contributed by atoms with E-state index >= 15 is 0 Å². The summed E-state index contributed by atoms with van der Waals surface area (Å²) in [5.74, 6) is 0.907. The lowest BCUT2D eigenvalue weighted by Crippen LogP contribution is -2.17. The normalized spacial score (nSPS) is 12.4. The molecule has 2 aromatic heterocycles. The number of rotatable bonds is 5. The minimum Gasteiger partial charge on any atom is -0.507 e. The molecule has 0 amide bonds. The largest absolute Gasteiger partial charge is 0.507 e. The van der Waals surface area contributed by atoms with Crippen molar-refractivity contribution in [2.24, 2.45) is 0 Å². The Bertz CT molecular complexity index is 2470. The van der Waals surface area contributed by atoms with Gasteiger partial charge in [-0.05, 0) is 135 Å². The molecule has 0 saturated carbocycles. The number of para-hydroxylation sites is 1. The van der Waals surface area contributed by atoms with E-state index in [1.54, 1.807) is 6.07 Å². The lowest BCUT2D eigenvalue weighted by atomic mass is 9.80. The van der Waals surface area contributed by atoms with Gasteiger partial charge in [0.05, 0.1) is 22.3 Å². The minimum atomic E-state index is -0.0769. The molecule has 0 aliphatic carbocycles. The summed E-state index contributed by atoms with van der Waals surface area (Å²) >= 11 is 0. The molecule has 0 fully saturated rings. The number of phenols is 1. The zero-order valence-corrected chi connectivity index (χ0v) is 33.8. The standard InChI is InChI=1S/C50H53N3O/c1-31-24-43-46(52-47(41-16-12-13-18-44(41)54)53(43)40-29-38(49(6,7)8)28-39(30-40)50(9,10)11)45(32(31)2)36-26-34(25-35(27-36)42-17-14-15-23-51-42)33-19-21-37(22-20-33)48(3,4)5/h12-30,54H,1-11H3. The highest BCUT2D eigenvalue weighted by molar-refractivity contribution is 5.99. The Balaban J connectivity index is 1.57. The quantitative estimate of drug-likeness (QED) is 0.193. The summed E-state index contributed by atoms with van der Waals surface area (Å²) in [6.45, 7) is 24.7. The van der Waals surface area contributed by atoms with Gasteiger partial charge >= 0.3 is 0 Å². The van der Waals surface area contributed by atoms with Crippen LogP contribution in [0, 0.1) is 13.8 Å². The number of hydrogen-bond acceptors (Lipinski definition) is 3. The van der Waals surface area contributed by atoms with Gasteiger partial charge in [-0.3, -0.25) is 9.55 Å². The predicted octanol–water partition coefficient (Wildman–Crippen LogP) is 13.3. The fraction of sp³-hybridized carbons (Fsp3) is 0.280. The van der Waals surface area contributed by atoms with Crippen LogP contribution in [0.4, 0.5) is 0 Å². The zero-order chi connectivity index (χ0) is 38.7. The van der Waals surface area contributed by atoms with Crippen LogP contribution in [0.5, 0.6) is 5.75 Å². The van der Waals surface area contributed by atoms with Gasteiger partial charge in [0, 0.05) is 23.0 Å². The van der Waals surface area contributed by atoms with Crippen molar-refractivity contribution in [1.29, 1.82) is 0 Å².